The molecule has 0 fully saturated rings. The van der Waals surface area contributed by atoms with Crippen LogP contribution in [0.1, 0.15) is 23.7 Å². The number of nitrogens with two attached hydrogens (primary N) is 1. The lowest BCUT2D eigenvalue weighted by atomic mass is 10.0. The molecule has 0 aliphatic heterocycles. The predicted octanol–water partition coefficient (Wildman–Crippen LogP) is 2.51. The summed E-state index contributed by atoms with van der Waals surface area (Å²) in [7, 11) is 0. The zero-order valence-electron chi connectivity index (χ0n) is 7.76. The number of benzene rings is 1. The Kier molecular flexibility index (Phi) is 3.77. The minimum Gasteiger partial charge on any atom is -0.328 e. The summed E-state index contributed by atoms with van der Waals surface area (Å²) in [6.45, 7) is 1.72. The topological polar surface area (TPSA) is 43.1 Å². The molecule has 0 radical (unpaired) electrons. The van der Waals surface area contributed by atoms with Gasteiger partial charge in [-0.05, 0) is 35.0 Å². The molecule has 0 saturated carbocycles. The molecule has 0 heterocycles. The molecule has 1 unspecified atom stereocenters. The third-order valence-corrected chi connectivity index (χ3v) is 2.37. The average molecular weight is 260 g/mol. The van der Waals surface area contributed by atoms with Gasteiger partial charge in [-0.15, -0.1) is 0 Å². The lowest BCUT2D eigenvalue weighted by Crippen LogP contribution is -2.20. The highest BCUT2D eigenvalue weighted by molar-refractivity contribution is 9.10. The number of carbonyl (C=O) groups excluding carboxylic acids is 1. The van der Waals surface area contributed by atoms with Crippen LogP contribution < -0.4 is 5.73 Å². The van der Waals surface area contributed by atoms with Gasteiger partial charge < -0.3 is 5.73 Å². The molecule has 0 bridgehead atoms. The minimum absolute atomic E-state index is 0.0941. The van der Waals surface area contributed by atoms with Crippen molar-refractivity contribution in [2.75, 3.05) is 0 Å². The molecule has 0 aliphatic carbocycles. The number of rotatable bonds is 3. The van der Waals surface area contributed by atoms with Crippen LogP contribution in [0.3, 0.4) is 0 Å². The first-order valence-electron chi connectivity index (χ1n) is 4.25. The molecular formula is C10H11BrFNO. The highest BCUT2D eigenvalue weighted by atomic mass is 79.9. The molecule has 0 aromatic heterocycles. The Morgan fingerprint density at radius 2 is 2.29 bits per heavy atom. The SMILES string of the molecule is CC(N)CC(=O)c1cccc(Br)c1F. The van der Waals surface area contributed by atoms with E-state index in [1.54, 1.807) is 19.1 Å². The van der Waals surface area contributed by atoms with E-state index in [1.807, 2.05) is 0 Å². The van der Waals surface area contributed by atoms with Crippen molar-refractivity contribution in [3.8, 4) is 0 Å². The van der Waals surface area contributed by atoms with Crippen LogP contribution in [0.4, 0.5) is 4.39 Å². The van der Waals surface area contributed by atoms with Crippen molar-refractivity contribution < 1.29 is 9.18 Å². The Labute approximate surface area is 90.4 Å². The van der Waals surface area contributed by atoms with Gasteiger partial charge >= 0.3 is 0 Å². The molecule has 14 heavy (non-hydrogen) atoms. The summed E-state index contributed by atoms with van der Waals surface area (Å²) in [6.07, 6.45) is 0.160. The van der Waals surface area contributed by atoms with Crippen molar-refractivity contribution in [3.63, 3.8) is 0 Å². The van der Waals surface area contributed by atoms with Gasteiger partial charge in [0.25, 0.3) is 0 Å². The van der Waals surface area contributed by atoms with E-state index in [-0.39, 0.29) is 23.8 Å². The Morgan fingerprint density at radius 1 is 1.64 bits per heavy atom. The molecule has 0 spiro atoms. The van der Waals surface area contributed by atoms with Crippen LogP contribution in [0, 0.1) is 5.82 Å². The maximum atomic E-state index is 13.4. The van der Waals surface area contributed by atoms with E-state index >= 15 is 0 Å². The first kappa shape index (κ1) is 11.3. The summed E-state index contributed by atoms with van der Waals surface area (Å²) in [5, 5.41) is 0. The molecule has 76 valence electrons. The van der Waals surface area contributed by atoms with E-state index in [4.69, 9.17) is 5.73 Å². The Hall–Kier alpha value is -0.740. The first-order valence-corrected chi connectivity index (χ1v) is 5.04. The van der Waals surface area contributed by atoms with Crippen molar-refractivity contribution in [1.29, 1.82) is 0 Å². The van der Waals surface area contributed by atoms with Crippen LogP contribution >= 0.6 is 15.9 Å². The molecular weight excluding hydrogens is 249 g/mol. The van der Waals surface area contributed by atoms with E-state index in [0.29, 0.717) is 4.47 Å². The van der Waals surface area contributed by atoms with Crippen molar-refractivity contribution in [1.82, 2.24) is 0 Å². The van der Waals surface area contributed by atoms with Crippen molar-refractivity contribution >= 4 is 21.7 Å². The van der Waals surface area contributed by atoms with Gasteiger partial charge in [0.2, 0.25) is 0 Å². The number of halogens is 2. The third kappa shape index (κ3) is 2.62. The monoisotopic (exact) mass is 259 g/mol. The second kappa shape index (κ2) is 4.66. The summed E-state index contributed by atoms with van der Waals surface area (Å²) in [4.78, 5) is 11.5. The summed E-state index contributed by atoms with van der Waals surface area (Å²) in [5.74, 6) is -0.781. The van der Waals surface area contributed by atoms with E-state index in [0.717, 1.165) is 0 Å². The standard InChI is InChI=1S/C10H11BrFNO/c1-6(13)5-9(14)7-3-2-4-8(11)10(7)12/h2-4,6H,5,13H2,1H3. The average Bonchev–Trinajstić information content (AvgIpc) is 2.08. The van der Waals surface area contributed by atoms with Gasteiger partial charge in [0, 0.05) is 12.5 Å². The molecule has 1 rings (SSSR count). The maximum Gasteiger partial charge on any atom is 0.167 e. The molecule has 1 atom stereocenters. The molecule has 0 aliphatic rings. The maximum absolute atomic E-state index is 13.4. The highest BCUT2D eigenvalue weighted by Gasteiger charge is 2.14. The van der Waals surface area contributed by atoms with Crippen molar-refractivity contribution in [2.45, 2.75) is 19.4 Å². The fourth-order valence-electron chi connectivity index (χ4n) is 1.12. The highest BCUT2D eigenvalue weighted by Crippen LogP contribution is 2.19. The van der Waals surface area contributed by atoms with Gasteiger partial charge in [-0.25, -0.2) is 4.39 Å². The quantitative estimate of drug-likeness (QED) is 0.848. The molecule has 0 amide bonds. The lowest BCUT2D eigenvalue weighted by molar-refractivity contribution is 0.0972. The van der Waals surface area contributed by atoms with Crippen LogP contribution in [-0.2, 0) is 0 Å². The number of carbonyl (C=O) groups is 1. The second-order valence-corrected chi connectivity index (χ2v) is 4.06. The summed E-state index contributed by atoms with van der Waals surface area (Å²) >= 11 is 3.02. The van der Waals surface area contributed by atoms with Gasteiger partial charge in [0.05, 0.1) is 10.0 Å². The first-order chi connectivity index (χ1) is 6.52. The van der Waals surface area contributed by atoms with Gasteiger partial charge in [0.15, 0.2) is 5.78 Å². The van der Waals surface area contributed by atoms with E-state index in [1.165, 1.54) is 6.07 Å². The van der Waals surface area contributed by atoms with E-state index < -0.39 is 5.82 Å². The zero-order chi connectivity index (χ0) is 10.7. The summed E-state index contributed by atoms with van der Waals surface area (Å²) in [6, 6.07) is 4.39. The van der Waals surface area contributed by atoms with E-state index in [2.05, 4.69) is 15.9 Å². The lowest BCUT2D eigenvalue weighted by Gasteiger charge is -2.05. The summed E-state index contributed by atoms with van der Waals surface area (Å²) in [5.41, 5.74) is 5.56. The molecule has 4 heteroatoms. The number of hydrogen-bond donors (Lipinski definition) is 1. The van der Waals surface area contributed by atoms with Crippen LogP contribution in [0.2, 0.25) is 0 Å². The number of ketones is 1. The Bertz CT molecular complexity index is 352. The number of Topliss-reactive ketones (excluding diaryl/α,β-unsaturated/α-hetero) is 1. The second-order valence-electron chi connectivity index (χ2n) is 3.21. The fourth-order valence-corrected chi connectivity index (χ4v) is 1.49. The molecule has 0 saturated heterocycles. The normalized spacial score (nSPS) is 12.6. The van der Waals surface area contributed by atoms with Crippen LogP contribution in [0.15, 0.2) is 22.7 Å². The molecule has 1 aromatic rings. The van der Waals surface area contributed by atoms with Gasteiger partial charge in [-0.3, -0.25) is 4.79 Å². The molecule has 1 aromatic carbocycles. The van der Waals surface area contributed by atoms with Crippen LogP contribution in [0.5, 0.6) is 0 Å². The van der Waals surface area contributed by atoms with Gasteiger partial charge in [-0.2, -0.15) is 0 Å². The van der Waals surface area contributed by atoms with Crippen LogP contribution in [-0.4, -0.2) is 11.8 Å². The van der Waals surface area contributed by atoms with Gasteiger partial charge in [-0.1, -0.05) is 6.07 Å². The third-order valence-electron chi connectivity index (χ3n) is 1.76. The number of hydrogen-bond acceptors (Lipinski definition) is 2. The fraction of sp³-hybridized carbons (Fsp3) is 0.300. The Balaban J connectivity index is 2.96. The largest absolute Gasteiger partial charge is 0.328 e. The Morgan fingerprint density at radius 3 is 2.86 bits per heavy atom. The summed E-state index contributed by atoms with van der Waals surface area (Å²) < 4.78 is 13.7. The van der Waals surface area contributed by atoms with E-state index in [9.17, 15) is 9.18 Å². The predicted molar refractivity (Wildman–Crippen MR) is 56.7 cm³/mol. The van der Waals surface area contributed by atoms with Crippen molar-refractivity contribution in [2.24, 2.45) is 5.73 Å². The van der Waals surface area contributed by atoms with Crippen molar-refractivity contribution in [3.05, 3.63) is 34.1 Å². The molecule has 2 N–H and O–H groups in total. The van der Waals surface area contributed by atoms with Crippen LogP contribution in [0.25, 0.3) is 0 Å². The molecule has 2 nitrogen and oxygen atoms in total. The smallest absolute Gasteiger partial charge is 0.167 e. The minimum atomic E-state index is -0.516. The zero-order valence-corrected chi connectivity index (χ0v) is 9.34. The van der Waals surface area contributed by atoms with Gasteiger partial charge in [0.1, 0.15) is 5.82 Å².